The largest absolute Gasteiger partial charge is 0.344 e. The van der Waals surface area contributed by atoms with Crippen LogP contribution < -0.4 is 0 Å². The van der Waals surface area contributed by atoms with E-state index >= 15 is 0 Å². The Morgan fingerprint density at radius 2 is 1.64 bits per heavy atom. The van der Waals surface area contributed by atoms with Crippen LogP contribution in [0.1, 0.15) is 39.5 Å². The number of fused-ring (bicyclic) bond motifs is 2. The van der Waals surface area contributed by atoms with Gasteiger partial charge in [0.1, 0.15) is 0 Å². The van der Waals surface area contributed by atoms with E-state index < -0.39 is 5.79 Å². The van der Waals surface area contributed by atoms with Crippen LogP contribution in [0.5, 0.6) is 0 Å². The van der Waals surface area contributed by atoms with Crippen LogP contribution in [0.25, 0.3) is 0 Å². The average molecular weight is 294 g/mol. The minimum atomic E-state index is -0.734. The Bertz CT molecular complexity index is 742. The van der Waals surface area contributed by atoms with Crippen molar-refractivity contribution in [3.05, 3.63) is 70.3 Å². The summed E-state index contributed by atoms with van der Waals surface area (Å²) in [6.45, 7) is 3.13. The van der Waals surface area contributed by atoms with Crippen LogP contribution in [0, 0.1) is 0 Å². The summed E-state index contributed by atoms with van der Waals surface area (Å²) in [4.78, 5) is 12.9. The van der Waals surface area contributed by atoms with E-state index in [1.54, 1.807) is 0 Å². The number of hydrogen-bond acceptors (Lipinski definition) is 3. The molecule has 3 heteroatoms. The molecule has 0 bridgehead atoms. The molecule has 22 heavy (non-hydrogen) atoms. The Morgan fingerprint density at radius 3 is 2.45 bits per heavy atom. The second-order valence-corrected chi connectivity index (χ2v) is 5.96. The standard InChI is InChI=1S/C19H18O3/c1-19(21-11-12-22-19)17-8-4-7-16-15(17)10-9-13-5-2-3-6-14(13)18(16)20/h2-8H,9-12H2,1H3. The Labute approximate surface area is 129 Å². The monoisotopic (exact) mass is 294 g/mol. The Balaban J connectivity index is 1.88. The van der Waals surface area contributed by atoms with Crippen molar-refractivity contribution in [2.45, 2.75) is 25.6 Å². The SMILES string of the molecule is CC1(c2cccc3c2CCc2ccccc2C3=O)OCCO1. The Kier molecular flexibility index (Phi) is 3.13. The first-order chi connectivity index (χ1) is 10.7. The van der Waals surface area contributed by atoms with Gasteiger partial charge in [0.05, 0.1) is 13.2 Å². The summed E-state index contributed by atoms with van der Waals surface area (Å²) in [6.07, 6.45) is 1.69. The van der Waals surface area contributed by atoms with E-state index in [4.69, 9.17) is 9.47 Å². The lowest BCUT2D eigenvalue weighted by atomic mass is 9.91. The Morgan fingerprint density at radius 1 is 0.909 bits per heavy atom. The van der Waals surface area contributed by atoms with E-state index in [1.807, 2.05) is 49.4 Å². The van der Waals surface area contributed by atoms with Crippen LogP contribution >= 0.6 is 0 Å². The van der Waals surface area contributed by atoms with Crippen molar-refractivity contribution in [2.24, 2.45) is 0 Å². The van der Waals surface area contributed by atoms with Crippen molar-refractivity contribution >= 4 is 5.78 Å². The molecule has 3 nitrogen and oxygen atoms in total. The van der Waals surface area contributed by atoms with Gasteiger partial charge in [0.2, 0.25) is 0 Å². The minimum absolute atomic E-state index is 0.103. The van der Waals surface area contributed by atoms with Gasteiger partial charge in [0.25, 0.3) is 0 Å². The molecule has 0 atom stereocenters. The van der Waals surface area contributed by atoms with Gasteiger partial charge in [0, 0.05) is 16.7 Å². The summed E-state index contributed by atoms with van der Waals surface area (Å²) < 4.78 is 11.6. The first kappa shape index (κ1) is 13.7. The highest BCUT2D eigenvalue weighted by Crippen LogP contribution is 2.37. The molecule has 2 aromatic carbocycles. The van der Waals surface area contributed by atoms with Crippen LogP contribution in [0.3, 0.4) is 0 Å². The van der Waals surface area contributed by atoms with Crippen LogP contribution in [-0.2, 0) is 28.1 Å². The molecule has 4 rings (SSSR count). The topological polar surface area (TPSA) is 35.5 Å². The summed E-state index contributed by atoms with van der Waals surface area (Å²) in [6, 6.07) is 13.8. The van der Waals surface area contributed by atoms with Gasteiger partial charge in [-0.1, -0.05) is 42.5 Å². The summed E-state index contributed by atoms with van der Waals surface area (Å²) >= 11 is 0. The molecule has 0 spiro atoms. The third-order valence-electron chi connectivity index (χ3n) is 4.65. The summed E-state index contributed by atoms with van der Waals surface area (Å²) in [5, 5.41) is 0. The molecule has 1 fully saturated rings. The van der Waals surface area contributed by atoms with E-state index in [9.17, 15) is 4.79 Å². The molecule has 0 unspecified atom stereocenters. The lowest BCUT2D eigenvalue weighted by Gasteiger charge is -2.26. The summed E-state index contributed by atoms with van der Waals surface area (Å²) in [7, 11) is 0. The van der Waals surface area contributed by atoms with E-state index in [1.165, 1.54) is 0 Å². The molecular weight excluding hydrogens is 276 g/mol. The molecule has 1 aliphatic carbocycles. The van der Waals surface area contributed by atoms with Gasteiger partial charge in [-0.25, -0.2) is 0 Å². The Hall–Kier alpha value is -1.97. The quantitative estimate of drug-likeness (QED) is 0.810. The van der Waals surface area contributed by atoms with Gasteiger partial charge in [-0.3, -0.25) is 4.79 Å². The van der Waals surface area contributed by atoms with Crippen molar-refractivity contribution in [3.8, 4) is 0 Å². The molecule has 0 saturated carbocycles. The fourth-order valence-corrected chi connectivity index (χ4v) is 3.53. The highest BCUT2D eigenvalue weighted by atomic mass is 16.7. The normalized spacial score (nSPS) is 19.4. The molecule has 1 saturated heterocycles. The van der Waals surface area contributed by atoms with Crippen LogP contribution in [0.15, 0.2) is 42.5 Å². The number of carbonyl (C=O) groups is 1. The van der Waals surface area contributed by atoms with Crippen molar-refractivity contribution in [3.63, 3.8) is 0 Å². The minimum Gasteiger partial charge on any atom is -0.344 e. The third kappa shape index (κ3) is 2.01. The maximum atomic E-state index is 12.9. The van der Waals surface area contributed by atoms with Gasteiger partial charge in [-0.15, -0.1) is 0 Å². The molecule has 112 valence electrons. The highest BCUT2D eigenvalue weighted by Gasteiger charge is 2.37. The number of hydrogen-bond donors (Lipinski definition) is 0. The zero-order valence-electron chi connectivity index (χ0n) is 12.6. The predicted molar refractivity (Wildman–Crippen MR) is 83.0 cm³/mol. The number of aryl methyl sites for hydroxylation is 1. The second-order valence-electron chi connectivity index (χ2n) is 5.96. The number of carbonyl (C=O) groups excluding carboxylic acids is 1. The maximum absolute atomic E-state index is 12.9. The molecule has 2 aliphatic rings. The van der Waals surface area contributed by atoms with Gasteiger partial charge in [0.15, 0.2) is 11.6 Å². The molecule has 0 amide bonds. The maximum Gasteiger partial charge on any atom is 0.193 e. The van der Waals surface area contributed by atoms with E-state index in [2.05, 4.69) is 0 Å². The molecule has 0 N–H and O–H groups in total. The number of ketones is 1. The summed E-state index contributed by atoms with van der Waals surface area (Å²) in [5.74, 6) is -0.631. The van der Waals surface area contributed by atoms with Crippen molar-refractivity contribution in [1.29, 1.82) is 0 Å². The molecule has 1 heterocycles. The third-order valence-corrected chi connectivity index (χ3v) is 4.65. The van der Waals surface area contributed by atoms with Gasteiger partial charge < -0.3 is 9.47 Å². The first-order valence-corrected chi connectivity index (χ1v) is 7.72. The fourth-order valence-electron chi connectivity index (χ4n) is 3.53. The molecule has 0 radical (unpaired) electrons. The number of rotatable bonds is 1. The van der Waals surface area contributed by atoms with Gasteiger partial charge >= 0.3 is 0 Å². The van der Waals surface area contributed by atoms with Crippen LogP contribution in [-0.4, -0.2) is 19.0 Å². The molecule has 2 aromatic rings. The lowest BCUT2D eigenvalue weighted by molar-refractivity contribution is -0.150. The zero-order valence-corrected chi connectivity index (χ0v) is 12.6. The predicted octanol–water partition coefficient (Wildman–Crippen LogP) is 3.24. The van der Waals surface area contributed by atoms with E-state index in [-0.39, 0.29) is 5.78 Å². The lowest BCUT2D eigenvalue weighted by Crippen LogP contribution is -2.25. The molecular formula is C19H18O3. The molecule has 1 aliphatic heterocycles. The first-order valence-electron chi connectivity index (χ1n) is 7.72. The molecule has 0 aromatic heterocycles. The van der Waals surface area contributed by atoms with Crippen LogP contribution in [0.4, 0.5) is 0 Å². The van der Waals surface area contributed by atoms with Gasteiger partial charge in [-0.05, 0) is 30.9 Å². The van der Waals surface area contributed by atoms with Crippen molar-refractivity contribution in [1.82, 2.24) is 0 Å². The van der Waals surface area contributed by atoms with Crippen molar-refractivity contribution in [2.75, 3.05) is 13.2 Å². The zero-order chi connectivity index (χ0) is 15.2. The highest BCUT2D eigenvalue weighted by molar-refractivity contribution is 6.11. The smallest absolute Gasteiger partial charge is 0.193 e. The average Bonchev–Trinajstić information content (AvgIpc) is 2.94. The fraction of sp³-hybridized carbons (Fsp3) is 0.316. The number of ether oxygens (including phenoxy) is 2. The summed E-state index contributed by atoms with van der Waals surface area (Å²) in [5.41, 5.74) is 4.77. The van der Waals surface area contributed by atoms with E-state index in [0.717, 1.165) is 40.7 Å². The van der Waals surface area contributed by atoms with E-state index in [0.29, 0.717) is 13.2 Å². The van der Waals surface area contributed by atoms with Crippen LogP contribution in [0.2, 0.25) is 0 Å². The second kappa shape index (κ2) is 5.04. The van der Waals surface area contributed by atoms with Crippen molar-refractivity contribution < 1.29 is 14.3 Å². The number of benzene rings is 2. The van der Waals surface area contributed by atoms with Gasteiger partial charge in [-0.2, -0.15) is 0 Å².